The smallest absolute Gasteiger partial charge is 0.146 e. The third-order valence-corrected chi connectivity index (χ3v) is 3.52. The lowest BCUT2D eigenvalue weighted by Crippen LogP contribution is -2.25. The summed E-state index contributed by atoms with van der Waals surface area (Å²) in [6.45, 7) is 1.97. The van der Waals surface area contributed by atoms with Gasteiger partial charge < -0.3 is 9.84 Å². The van der Waals surface area contributed by atoms with Crippen LogP contribution in [0.5, 0.6) is 5.75 Å². The third-order valence-electron chi connectivity index (χ3n) is 3.52. The number of aliphatic hydroxyl groups excluding tert-OH is 1. The van der Waals surface area contributed by atoms with Crippen molar-refractivity contribution in [2.45, 2.75) is 38.4 Å². The maximum Gasteiger partial charge on any atom is 0.146 e. The molecule has 0 saturated heterocycles. The first-order valence-corrected chi connectivity index (χ1v) is 6.45. The second-order valence-electron chi connectivity index (χ2n) is 4.94. The zero-order chi connectivity index (χ0) is 12.5. The van der Waals surface area contributed by atoms with Crippen molar-refractivity contribution in [3.63, 3.8) is 0 Å². The Morgan fingerprint density at radius 3 is 2.89 bits per heavy atom. The Bertz CT molecular complexity index is 567. The van der Waals surface area contributed by atoms with E-state index in [1.807, 2.05) is 31.2 Å². The van der Waals surface area contributed by atoms with Crippen molar-refractivity contribution in [2.75, 3.05) is 0 Å². The Labute approximate surface area is 106 Å². The minimum atomic E-state index is -0.343. The number of nitrogens with zero attached hydrogens (tertiary/aromatic N) is 1. The molecule has 1 aliphatic carbocycles. The fourth-order valence-corrected chi connectivity index (χ4v) is 2.52. The van der Waals surface area contributed by atoms with E-state index < -0.39 is 0 Å². The van der Waals surface area contributed by atoms with Crippen LogP contribution in [0.2, 0.25) is 0 Å². The van der Waals surface area contributed by atoms with E-state index in [4.69, 9.17) is 4.74 Å². The van der Waals surface area contributed by atoms with Crippen LogP contribution in [0.25, 0.3) is 10.9 Å². The van der Waals surface area contributed by atoms with Crippen LogP contribution >= 0.6 is 0 Å². The van der Waals surface area contributed by atoms with Gasteiger partial charge in [0.1, 0.15) is 17.4 Å². The highest BCUT2D eigenvalue weighted by Crippen LogP contribution is 2.29. The number of pyridine rings is 1. The fraction of sp³-hybridized carbons (Fsp3) is 0.400. The summed E-state index contributed by atoms with van der Waals surface area (Å²) in [6, 6.07) is 9.97. The summed E-state index contributed by atoms with van der Waals surface area (Å²) in [5.74, 6) is 0.780. The number of hydrogen-bond acceptors (Lipinski definition) is 3. The second kappa shape index (κ2) is 4.58. The van der Waals surface area contributed by atoms with Crippen molar-refractivity contribution in [3.05, 3.63) is 36.0 Å². The number of fused-ring (bicyclic) bond motifs is 1. The minimum Gasteiger partial charge on any atom is -0.485 e. The normalized spacial score (nSPS) is 23.4. The standard InChI is InChI=1S/C15H17NO2/c1-10-8-9-11-4-2-7-14(15(11)16-10)18-13-6-3-5-12(13)17/h2,4,7-9,12-13,17H,3,5-6H2,1H3/t12-,13-/m0/s1. The molecule has 3 nitrogen and oxygen atoms in total. The molecular formula is C15H17NO2. The summed E-state index contributed by atoms with van der Waals surface area (Å²) in [5.41, 5.74) is 1.86. The topological polar surface area (TPSA) is 42.4 Å². The monoisotopic (exact) mass is 243 g/mol. The molecule has 0 spiro atoms. The second-order valence-corrected chi connectivity index (χ2v) is 4.94. The van der Waals surface area contributed by atoms with E-state index >= 15 is 0 Å². The predicted molar refractivity (Wildman–Crippen MR) is 70.8 cm³/mol. The van der Waals surface area contributed by atoms with Gasteiger partial charge in [-0.15, -0.1) is 0 Å². The van der Waals surface area contributed by atoms with Gasteiger partial charge >= 0.3 is 0 Å². The maximum atomic E-state index is 9.83. The van der Waals surface area contributed by atoms with E-state index in [2.05, 4.69) is 11.1 Å². The van der Waals surface area contributed by atoms with Crippen LogP contribution in [0.15, 0.2) is 30.3 Å². The molecule has 94 valence electrons. The van der Waals surface area contributed by atoms with Gasteiger partial charge in [0, 0.05) is 11.1 Å². The minimum absolute atomic E-state index is 0.0853. The molecule has 1 N–H and O–H groups in total. The van der Waals surface area contributed by atoms with Gasteiger partial charge in [0.25, 0.3) is 0 Å². The fourth-order valence-electron chi connectivity index (χ4n) is 2.52. The van der Waals surface area contributed by atoms with Crippen molar-refractivity contribution in [1.82, 2.24) is 4.98 Å². The molecule has 0 bridgehead atoms. The van der Waals surface area contributed by atoms with E-state index in [0.717, 1.165) is 41.6 Å². The lowest BCUT2D eigenvalue weighted by molar-refractivity contribution is 0.0613. The maximum absolute atomic E-state index is 9.83. The van der Waals surface area contributed by atoms with Crippen molar-refractivity contribution in [2.24, 2.45) is 0 Å². The van der Waals surface area contributed by atoms with Crippen molar-refractivity contribution < 1.29 is 9.84 Å². The van der Waals surface area contributed by atoms with Gasteiger partial charge in [-0.25, -0.2) is 4.98 Å². The van der Waals surface area contributed by atoms with Gasteiger partial charge in [-0.05, 0) is 38.3 Å². The first kappa shape index (κ1) is 11.5. The quantitative estimate of drug-likeness (QED) is 0.882. The van der Waals surface area contributed by atoms with Gasteiger partial charge in [0.2, 0.25) is 0 Å². The van der Waals surface area contributed by atoms with Crippen LogP contribution in [0, 0.1) is 6.92 Å². The highest BCUT2D eigenvalue weighted by atomic mass is 16.5. The first-order valence-electron chi connectivity index (χ1n) is 6.45. The molecule has 18 heavy (non-hydrogen) atoms. The van der Waals surface area contributed by atoms with Crippen molar-refractivity contribution in [3.8, 4) is 5.75 Å². The summed E-state index contributed by atoms with van der Waals surface area (Å²) >= 11 is 0. The molecule has 3 heteroatoms. The molecule has 1 aliphatic rings. The molecule has 3 rings (SSSR count). The van der Waals surface area contributed by atoms with E-state index in [9.17, 15) is 5.11 Å². The average Bonchev–Trinajstić information content (AvgIpc) is 2.76. The SMILES string of the molecule is Cc1ccc2cccc(O[C@H]3CCC[C@@H]3O)c2n1. The van der Waals surface area contributed by atoms with Crippen LogP contribution < -0.4 is 4.74 Å². The summed E-state index contributed by atoms with van der Waals surface area (Å²) in [6.07, 6.45) is 2.36. The van der Waals surface area contributed by atoms with E-state index in [1.54, 1.807) is 0 Å². The van der Waals surface area contributed by atoms with Crippen molar-refractivity contribution in [1.29, 1.82) is 0 Å². The zero-order valence-corrected chi connectivity index (χ0v) is 10.5. The van der Waals surface area contributed by atoms with Crippen LogP contribution in [0.4, 0.5) is 0 Å². The van der Waals surface area contributed by atoms with Crippen LogP contribution in [-0.4, -0.2) is 22.3 Å². The third kappa shape index (κ3) is 2.06. The Morgan fingerprint density at radius 2 is 2.11 bits per heavy atom. The summed E-state index contributed by atoms with van der Waals surface area (Å²) in [7, 11) is 0. The van der Waals surface area contributed by atoms with Crippen LogP contribution in [0.1, 0.15) is 25.0 Å². The van der Waals surface area contributed by atoms with Gasteiger partial charge in [-0.3, -0.25) is 0 Å². The molecule has 0 amide bonds. The Hall–Kier alpha value is -1.61. The largest absolute Gasteiger partial charge is 0.485 e. The van der Waals surface area contributed by atoms with E-state index in [1.165, 1.54) is 0 Å². The number of ether oxygens (including phenoxy) is 1. The number of rotatable bonds is 2. The summed E-state index contributed by atoms with van der Waals surface area (Å²) in [4.78, 5) is 4.54. The molecule has 2 aromatic rings. The average molecular weight is 243 g/mol. The molecule has 1 saturated carbocycles. The highest BCUT2D eigenvalue weighted by molar-refractivity contribution is 5.84. The molecular weight excluding hydrogens is 226 g/mol. The summed E-state index contributed by atoms with van der Waals surface area (Å²) < 4.78 is 5.94. The molecule has 0 radical (unpaired) electrons. The molecule has 2 atom stereocenters. The summed E-state index contributed by atoms with van der Waals surface area (Å²) in [5, 5.41) is 10.9. The number of aromatic nitrogens is 1. The van der Waals surface area contributed by atoms with E-state index in [-0.39, 0.29) is 12.2 Å². The van der Waals surface area contributed by atoms with Crippen LogP contribution in [0.3, 0.4) is 0 Å². The Kier molecular flexibility index (Phi) is 2.92. The number of benzene rings is 1. The number of hydrogen-bond donors (Lipinski definition) is 1. The van der Waals surface area contributed by atoms with Crippen LogP contribution in [-0.2, 0) is 0 Å². The lowest BCUT2D eigenvalue weighted by atomic mass is 10.2. The Morgan fingerprint density at radius 1 is 1.22 bits per heavy atom. The van der Waals surface area contributed by atoms with Gasteiger partial charge in [0.05, 0.1) is 6.10 Å². The van der Waals surface area contributed by atoms with E-state index in [0.29, 0.717) is 0 Å². The number of para-hydroxylation sites is 1. The molecule has 1 aromatic heterocycles. The predicted octanol–water partition coefficient (Wildman–Crippen LogP) is 2.84. The first-order chi connectivity index (χ1) is 8.74. The van der Waals surface area contributed by atoms with Gasteiger partial charge in [-0.2, -0.15) is 0 Å². The molecule has 1 heterocycles. The van der Waals surface area contributed by atoms with Crippen molar-refractivity contribution >= 4 is 10.9 Å². The molecule has 0 aliphatic heterocycles. The zero-order valence-electron chi connectivity index (χ0n) is 10.5. The number of aryl methyl sites for hydroxylation is 1. The highest BCUT2D eigenvalue weighted by Gasteiger charge is 2.27. The van der Waals surface area contributed by atoms with Gasteiger partial charge in [-0.1, -0.05) is 18.2 Å². The molecule has 1 aromatic carbocycles. The molecule has 1 fully saturated rings. The molecule has 0 unspecified atom stereocenters. The number of aliphatic hydroxyl groups is 1. The Balaban J connectivity index is 1.98. The van der Waals surface area contributed by atoms with Gasteiger partial charge in [0.15, 0.2) is 0 Å². The lowest BCUT2D eigenvalue weighted by Gasteiger charge is -2.18.